The van der Waals surface area contributed by atoms with Gasteiger partial charge in [-0.3, -0.25) is 4.79 Å². The van der Waals surface area contributed by atoms with Gasteiger partial charge in [-0.05, 0) is 17.7 Å². The average molecular weight is 248 g/mol. The van der Waals surface area contributed by atoms with Gasteiger partial charge in [0.25, 0.3) is 5.56 Å². The van der Waals surface area contributed by atoms with Gasteiger partial charge >= 0.3 is 0 Å². The van der Waals surface area contributed by atoms with Crippen LogP contribution in [0, 0.1) is 5.82 Å². The van der Waals surface area contributed by atoms with Crippen LogP contribution < -0.4 is 5.56 Å². The fourth-order valence-corrected chi connectivity index (χ4v) is 1.66. The van der Waals surface area contributed by atoms with Crippen LogP contribution in [0.4, 0.5) is 4.39 Å². The van der Waals surface area contributed by atoms with Crippen LogP contribution in [-0.4, -0.2) is 17.1 Å². The standard InChI is InChI=1S/C13H13FN2O2/c1-18-8-11-7-13(17)16-12(15-11)6-9-2-4-10(14)5-3-9/h2-5,7H,6,8H2,1H3,(H,15,16,17). The summed E-state index contributed by atoms with van der Waals surface area (Å²) in [7, 11) is 1.54. The van der Waals surface area contributed by atoms with E-state index in [1.165, 1.54) is 18.2 Å². The Kier molecular flexibility index (Phi) is 3.84. The molecule has 1 aromatic carbocycles. The predicted octanol–water partition coefficient (Wildman–Crippen LogP) is 1.65. The summed E-state index contributed by atoms with van der Waals surface area (Å²) in [4.78, 5) is 18.3. The van der Waals surface area contributed by atoms with Gasteiger partial charge in [0.1, 0.15) is 11.6 Å². The molecule has 0 aliphatic rings. The quantitative estimate of drug-likeness (QED) is 0.895. The highest BCUT2D eigenvalue weighted by Gasteiger charge is 2.03. The number of halogens is 1. The van der Waals surface area contributed by atoms with Crippen molar-refractivity contribution in [3.8, 4) is 0 Å². The molecule has 0 saturated heterocycles. The second-order valence-electron chi connectivity index (χ2n) is 3.92. The molecule has 0 aliphatic heterocycles. The third-order valence-electron chi connectivity index (χ3n) is 2.42. The molecule has 0 spiro atoms. The van der Waals surface area contributed by atoms with Crippen molar-refractivity contribution in [3.05, 3.63) is 63.6 Å². The number of aromatic nitrogens is 2. The van der Waals surface area contributed by atoms with E-state index in [1.54, 1.807) is 19.2 Å². The number of hydrogen-bond donors (Lipinski definition) is 1. The molecule has 94 valence electrons. The minimum atomic E-state index is -0.284. The molecule has 0 saturated carbocycles. The van der Waals surface area contributed by atoms with Crippen molar-refractivity contribution >= 4 is 0 Å². The van der Waals surface area contributed by atoms with E-state index in [9.17, 15) is 9.18 Å². The zero-order valence-electron chi connectivity index (χ0n) is 9.94. The van der Waals surface area contributed by atoms with E-state index in [-0.39, 0.29) is 11.4 Å². The number of H-pyrrole nitrogens is 1. The van der Waals surface area contributed by atoms with Gasteiger partial charge in [-0.2, -0.15) is 0 Å². The molecule has 0 fully saturated rings. The highest BCUT2D eigenvalue weighted by molar-refractivity contribution is 5.20. The van der Waals surface area contributed by atoms with Gasteiger partial charge in [0.2, 0.25) is 0 Å². The van der Waals surface area contributed by atoms with Gasteiger partial charge in [0.15, 0.2) is 0 Å². The van der Waals surface area contributed by atoms with E-state index in [1.807, 2.05) is 0 Å². The third-order valence-corrected chi connectivity index (χ3v) is 2.42. The molecule has 0 unspecified atom stereocenters. The Hall–Kier alpha value is -2.01. The monoisotopic (exact) mass is 248 g/mol. The molecule has 0 bridgehead atoms. The number of benzene rings is 1. The Bertz CT molecular complexity index is 578. The summed E-state index contributed by atoms with van der Waals surface area (Å²) in [6, 6.07) is 7.49. The molecule has 18 heavy (non-hydrogen) atoms. The molecule has 5 heteroatoms. The smallest absolute Gasteiger partial charge is 0.251 e. The number of hydrogen-bond acceptors (Lipinski definition) is 3. The highest BCUT2D eigenvalue weighted by atomic mass is 19.1. The molecule has 0 amide bonds. The Labute approximate surface area is 103 Å². The minimum absolute atomic E-state index is 0.214. The molecule has 1 N–H and O–H groups in total. The summed E-state index contributed by atoms with van der Waals surface area (Å²) in [6.45, 7) is 0.292. The maximum Gasteiger partial charge on any atom is 0.251 e. The van der Waals surface area contributed by atoms with Crippen molar-refractivity contribution in [2.45, 2.75) is 13.0 Å². The number of nitrogens with zero attached hydrogens (tertiary/aromatic N) is 1. The normalized spacial score (nSPS) is 10.6. The number of aromatic amines is 1. The summed E-state index contributed by atoms with van der Waals surface area (Å²) in [5, 5.41) is 0. The molecular formula is C13H13FN2O2. The maximum absolute atomic E-state index is 12.8. The summed E-state index contributed by atoms with van der Waals surface area (Å²) < 4.78 is 17.7. The lowest BCUT2D eigenvalue weighted by molar-refractivity contribution is 0.181. The SMILES string of the molecule is COCc1cc(=O)[nH]c(Cc2ccc(F)cc2)n1. The van der Waals surface area contributed by atoms with Gasteiger partial charge in [-0.25, -0.2) is 9.37 Å². The minimum Gasteiger partial charge on any atom is -0.378 e. The van der Waals surface area contributed by atoms with Crippen LogP contribution in [0.2, 0.25) is 0 Å². The zero-order chi connectivity index (χ0) is 13.0. The first-order valence-corrected chi connectivity index (χ1v) is 5.50. The third kappa shape index (κ3) is 3.24. The molecule has 1 heterocycles. The van der Waals surface area contributed by atoms with Gasteiger partial charge in [-0.1, -0.05) is 12.1 Å². The van der Waals surface area contributed by atoms with Crippen LogP contribution in [0.15, 0.2) is 35.1 Å². The Morgan fingerprint density at radius 1 is 1.33 bits per heavy atom. The van der Waals surface area contributed by atoms with Crippen molar-refractivity contribution in [3.63, 3.8) is 0 Å². The van der Waals surface area contributed by atoms with Crippen LogP contribution in [0.5, 0.6) is 0 Å². The van der Waals surface area contributed by atoms with Crippen molar-refractivity contribution in [1.82, 2.24) is 9.97 Å². The lowest BCUT2D eigenvalue weighted by Crippen LogP contribution is -2.13. The van der Waals surface area contributed by atoms with Crippen molar-refractivity contribution < 1.29 is 9.13 Å². The van der Waals surface area contributed by atoms with Crippen molar-refractivity contribution in [2.24, 2.45) is 0 Å². The molecule has 0 aliphatic carbocycles. The second-order valence-corrected chi connectivity index (χ2v) is 3.92. The van der Waals surface area contributed by atoms with Crippen LogP contribution in [0.25, 0.3) is 0 Å². The number of rotatable bonds is 4. The average Bonchev–Trinajstić information content (AvgIpc) is 2.32. The molecular weight excluding hydrogens is 235 g/mol. The summed E-state index contributed by atoms with van der Waals surface area (Å²) >= 11 is 0. The van der Waals surface area contributed by atoms with Gasteiger partial charge in [-0.15, -0.1) is 0 Å². The number of nitrogens with one attached hydrogen (secondary N) is 1. The van der Waals surface area contributed by atoms with E-state index < -0.39 is 0 Å². The predicted molar refractivity (Wildman–Crippen MR) is 64.8 cm³/mol. The fourth-order valence-electron chi connectivity index (χ4n) is 1.66. The van der Waals surface area contributed by atoms with E-state index in [4.69, 9.17) is 4.74 Å². The number of methoxy groups -OCH3 is 1. The lowest BCUT2D eigenvalue weighted by Gasteiger charge is -2.04. The Balaban J connectivity index is 2.23. The van der Waals surface area contributed by atoms with Gasteiger partial charge in [0, 0.05) is 19.6 Å². The first-order chi connectivity index (χ1) is 8.67. The largest absolute Gasteiger partial charge is 0.378 e. The summed E-state index contributed by atoms with van der Waals surface area (Å²) in [5.74, 6) is 0.259. The molecule has 1 aromatic heterocycles. The highest BCUT2D eigenvalue weighted by Crippen LogP contribution is 2.07. The van der Waals surface area contributed by atoms with Gasteiger partial charge in [0.05, 0.1) is 12.3 Å². The van der Waals surface area contributed by atoms with Crippen LogP contribution in [-0.2, 0) is 17.8 Å². The molecule has 0 atom stereocenters. The van der Waals surface area contributed by atoms with Crippen LogP contribution in [0.3, 0.4) is 0 Å². The fraction of sp³-hybridized carbons (Fsp3) is 0.231. The maximum atomic E-state index is 12.8. The van der Waals surface area contributed by atoms with E-state index in [0.717, 1.165) is 5.56 Å². The summed E-state index contributed by atoms with van der Waals surface area (Å²) in [6.07, 6.45) is 0.451. The molecule has 0 radical (unpaired) electrons. The van der Waals surface area contributed by atoms with Crippen molar-refractivity contribution in [2.75, 3.05) is 7.11 Å². The van der Waals surface area contributed by atoms with Crippen LogP contribution >= 0.6 is 0 Å². The molecule has 2 aromatic rings. The second kappa shape index (κ2) is 5.55. The Morgan fingerprint density at radius 3 is 2.72 bits per heavy atom. The van der Waals surface area contributed by atoms with Crippen molar-refractivity contribution in [1.29, 1.82) is 0 Å². The molecule has 4 nitrogen and oxygen atoms in total. The van der Waals surface area contributed by atoms with E-state index in [2.05, 4.69) is 9.97 Å². The topological polar surface area (TPSA) is 55.0 Å². The number of ether oxygens (including phenoxy) is 1. The first-order valence-electron chi connectivity index (χ1n) is 5.50. The van der Waals surface area contributed by atoms with Crippen LogP contribution in [0.1, 0.15) is 17.1 Å². The Morgan fingerprint density at radius 2 is 2.06 bits per heavy atom. The van der Waals surface area contributed by atoms with E-state index in [0.29, 0.717) is 24.5 Å². The molecule has 2 rings (SSSR count). The van der Waals surface area contributed by atoms with Gasteiger partial charge < -0.3 is 9.72 Å². The first kappa shape index (κ1) is 12.4. The van der Waals surface area contributed by atoms with E-state index >= 15 is 0 Å². The lowest BCUT2D eigenvalue weighted by atomic mass is 10.1. The summed E-state index contributed by atoms with van der Waals surface area (Å²) in [5.41, 5.74) is 1.25. The zero-order valence-corrected chi connectivity index (χ0v) is 9.94.